The van der Waals surface area contributed by atoms with Gasteiger partial charge in [0, 0.05) is 24.8 Å². The molecule has 0 aliphatic carbocycles. The highest BCUT2D eigenvalue weighted by molar-refractivity contribution is 5.85. The summed E-state index contributed by atoms with van der Waals surface area (Å²) in [5, 5.41) is 9.51. The molecular formula is C15H18Cl2F3N3O. The fourth-order valence-corrected chi connectivity index (χ4v) is 2.59. The molecule has 2 aromatic rings. The summed E-state index contributed by atoms with van der Waals surface area (Å²) >= 11 is 0. The van der Waals surface area contributed by atoms with E-state index in [9.17, 15) is 18.3 Å². The molecule has 1 aromatic heterocycles. The van der Waals surface area contributed by atoms with Gasteiger partial charge in [-0.3, -0.25) is 0 Å². The van der Waals surface area contributed by atoms with Crippen molar-refractivity contribution in [1.82, 2.24) is 9.55 Å². The lowest BCUT2D eigenvalue weighted by atomic mass is 10.1. The van der Waals surface area contributed by atoms with E-state index in [2.05, 4.69) is 4.98 Å². The minimum Gasteiger partial charge on any atom is -0.393 e. The molecule has 0 bridgehead atoms. The Morgan fingerprint density at radius 3 is 2.17 bits per heavy atom. The topological polar surface area (TPSA) is 41.3 Å². The van der Waals surface area contributed by atoms with Gasteiger partial charge in [-0.25, -0.2) is 9.55 Å². The first-order valence-corrected chi connectivity index (χ1v) is 7.10. The Balaban J connectivity index is 0.00000144. The van der Waals surface area contributed by atoms with Crippen LogP contribution in [0.1, 0.15) is 12.8 Å². The van der Waals surface area contributed by atoms with E-state index in [1.165, 1.54) is 0 Å². The van der Waals surface area contributed by atoms with E-state index in [1.807, 2.05) is 0 Å². The van der Waals surface area contributed by atoms with Crippen molar-refractivity contribution in [2.24, 2.45) is 0 Å². The predicted octanol–water partition coefficient (Wildman–Crippen LogP) is 3.83. The summed E-state index contributed by atoms with van der Waals surface area (Å²) in [4.78, 5) is 5.76. The minimum absolute atomic E-state index is 0. The van der Waals surface area contributed by atoms with E-state index in [0.717, 1.165) is 6.20 Å². The van der Waals surface area contributed by atoms with Crippen molar-refractivity contribution in [2.75, 3.05) is 18.0 Å². The molecule has 0 radical (unpaired) electrons. The van der Waals surface area contributed by atoms with Crippen LogP contribution in [0.15, 0.2) is 36.5 Å². The van der Waals surface area contributed by atoms with Crippen molar-refractivity contribution in [2.45, 2.75) is 25.2 Å². The first-order valence-electron chi connectivity index (χ1n) is 7.10. The summed E-state index contributed by atoms with van der Waals surface area (Å²) in [5.74, 6) is -0.113. The monoisotopic (exact) mass is 383 g/mol. The number of rotatable bonds is 2. The van der Waals surface area contributed by atoms with Crippen molar-refractivity contribution >= 4 is 30.8 Å². The van der Waals surface area contributed by atoms with Gasteiger partial charge in [0.25, 0.3) is 0 Å². The summed E-state index contributed by atoms with van der Waals surface area (Å²) in [6.07, 6.45) is -3.04. The number of alkyl halides is 3. The van der Waals surface area contributed by atoms with Crippen molar-refractivity contribution in [3.05, 3.63) is 36.5 Å². The van der Waals surface area contributed by atoms with E-state index < -0.39 is 12.4 Å². The highest BCUT2D eigenvalue weighted by atomic mass is 35.5. The summed E-state index contributed by atoms with van der Waals surface area (Å²) in [6, 6.07) is 8.79. The van der Waals surface area contributed by atoms with E-state index in [1.54, 1.807) is 35.2 Å². The number of imidazole rings is 1. The fourth-order valence-electron chi connectivity index (χ4n) is 2.59. The number of benzene rings is 1. The average molecular weight is 384 g/mol. The number of hydrogen-bond acceptors (Lipinski definition) is 3. The second-order valence-corrected chi connectivity index (χ2v) is 5.35. The summed E-state index contributed by atoms with van der Waals surface area (Å²) < 4.78 is 40.0. The van der Waals surface area contributed by atoms with Crippen LogP contribution in [0.5, 0.6) is 0 Å². The van der Waals surface area contributed by atoms with Gasteiger partial charge < -0.3 is 10.0 Å². The van der Waals surface area contributed by atoms with Gasteiger partial charge in [0.2, 0.25) is 5.95 Å². The lowest BCUT2D eigenvalue weighted by Crippen LogP contribution is -2.38. The van der Waals surface area contributed by atoms with Crippen LogP contribution < -0.4 is 4.90 Å². The Bertz CT molecular complexity index is 641. The van der Waals surface area contributed by atoms with E-state index >= 15 is 0 Å². The highest BCUT2D eigenvalue weighted by Gasteiger charge is 2.36. The van der Waals surface area contributed by atoms with E-state index in [4.69, 9.17) is 0 Å². The second-order valence-electron chi connectivity index (χ2n) is 5.35. The van der Waals surface area contributed by atoms with Gasteiger partial charge in [-0.15, -0.1) is 38.0 Å². The molecule has 134 valence electrons. The standard InChI is InChI=1S/C15H16F3N3O.2ClH/c16-15(17,18)21-10-13(11-4-2-1-3-5-11)19-14(21)20-8-6-12(22)7-9-20;;/h1-5,10,12,22H,6-9H2;2*1H. The first-order chi connectivity index (χ1) is 10.4. The van der Waals surface area contributed by atoms with Gasteiger partial charge >= 0.3 is 6.30 Å². The molecule has 0 unspecified atom stereocenters. The molecule has 4 nitrogen and oxygen atoms in total. The number of piperidine rings is 1. The molecule has 24 heavy (non-hydrogen) atoms. The third-order valence-electron chi connectivity index (χ3n) is 3.78. The van der Waals surface area contributed by atoms with E-state index in [0.29, 0.717) is 37.2 Å². The number of hydrogen-bond donors (Lipinski definition) is 1. The zero-order valence-electron chi connectivity index (χ0n) is 12.6. The normalized spacial score (nSPS) is 15.6. The van der Waals surface area contributed by atoms with Crippen LogP contribution in [0.2, 0.25) is 0 Å². The third-order valence-corrected chi connectivity index (χ3v) is 3.78. The highest BCUT2D eigenvalue weighted by Crippen LogP contribution is 2.33. The van der Waals surface area contributed by atoms with Crippen molar-refractivity contribution in [1.29, 1.82) is 0 Å². The van der Waals surface area contributed by atoms with Gasteiger partial charge in [-0.05, 0) is 12.8 Å². The number of aliphatic hydroxyl groups is 1. The number of aromatic nitrogens is 2. The molecule has 2 heterocycles. The number of halogens is 5. The number of anilines is 1. The van der Waals surface area contributed by atoms with Crippen molar-refractivity contribution < 1.29 is 18.3 Å². The van der Waals surface area contributed by atoms with Crippen LogP contribution in [-0.4, -0.2) is 33.9 Å². The average Bonchev–Trinajstić information content (AvgIpc) is 2.94. The molecule has 0 spiro atoms. The minimum atomic E-state index is -4.52. The van der Waals surface area contributed by atoms with E-state index in [-0.39, 0.29) is 35.3 Å². The van der Waals surface area contributed by atoms with Crippen molar-refractivity contribution in [3.63, 3.8) is 0 Å². The Labute approximate surface area is 150 Å². The van der Waals surface area contributed by atoms with Crippen LogP contribution in [0.4, 0.5) is 19.1 Å². The lowest BCUT2D eigenvalue weighted by molar-refractivity contribution is -0.202. The molecule has 1 N–H and O–H groups in total. The fraction of sp³-hybridized carbons (Fsp3) is 0.400. The van der Waals surface area contributed by atoms with Crippen LogP contribution >= 0.6 is 24.8 Å². The second kappa shape index (κ2) is 8.09. The maximum absolute atomic E-state index is 13.3. The molecule has 0 saturated carbocycles. The molecule has 1 aliphatic heterocycles. The zero-order chi connectivity index (χ0) is 15.7. The Hall–Kier alpha value is -1.44. The van der Waals surface area contributed by atoms with Crippen molar-refractivity contribution in [3.8, 4) is 11.3 Å². The molecule has 1 saturated heterocycles. The lowest BCUT2D eigenvalue weighted by Gasteiger charge is -2.31. The largest absolute Gasteiger partial charge is 0.491 e. The molecular weight excluding hydrogens is 366 g/mol. The van der Waals surface area contributed by atoms with Gasteiger partial charge in [0.05, 0.1) is 11.8 Å². The molecule has 0 atom stereocenters. The third kappa shape index (κ3) is 4.34. The van der Waals surface area contributed by atoms with Gasteiger partial charge in [0.1, 0.15) is 0 Å². The number of aliphatic hydroxyl groups excluding tert-OH is 1. The van der Waals surface area contributed by atoms with Gasteiger partial charge in [-0.1, -0.05) is 30.3 Å². The van der Waals surface area contributed by atoms with Gasteiger partial charge in [-0.2, -0.15) is 0 Å². The molecule has 1 aromatic carbocycles. The maximum atomic E-state index is 13.3. The number of nitrogens with zero attached hydrogens (tertiary/aromatic N) is 3. The molecule has 9 heteroatoms. The SMILES string of the molecule is Cl.Cl.OC1CCN(c2nc(-c3ccccc3)cn2C(F)(F)F)CC1. The zero-order valence-corrected chi connectivity index (χ0v) is 14.2. The molecule has 1 aliphatic rings. The van der Waals surface area contributed by atoms with Crippen LogP contribution in [0.25, 0.3) is 11.3 Å². The van der Waals surface area contributed by atoms with Crippen LogP contribution in [-0.2, 0) is 6.30 Å². The Kier molecular flexibility index (Phi) is 6.95. The summed E-state index contributed by atoms with van der Waals surface area (Å²) in [6.45, 7) is 0.727. The maximum Gasteiger partial charge on any atom is 0.491 e. The van der Waals surface area contributed by atoms with Crippen LogP contribution in [0, 0.1) is 0 Å². The van der Waals surface area contributed by atoms with Crippen LogP contribution in [0.3, 0.4) is 0 Å². The Morgan fingerprint density at radius 1 is 1.04 bits per heavy atom. The first kappa shape index (κ1) is 20.6. The quantitative estimate of drug-likeness (QED) is 0.856. The molecule has 0 amide bonds. The molecule has 3 rings (SSSR count). The summed E-state index contributed by atoms with van der Waals surface area (Å²) in [5.41, 5.74) is 0.933. The summed E-state index contributed by atoms with van der Waals surface area (Å²) in [7, 11) is 0. The molecule has 1 fully saturated rings. The Morgan fingerprint density at radius 2 is 1.62 bits per heavy atom. The van der Waals surface area contributed by atoms with Gasteiger partial charge in [0.15, 0.2) is 0 Å². The predicted molar refractivity (Wildman–Crippen MR) is 90.9 cm³/mol. The smallest absolute Gasteiger partial charge is 0.393 e.